The van der Waals surface area contributed by atoms with Crippen LogP contribution in [0.2, 0.25) is 0 Å². The summed E-state index contributed by atoms with van der Waals surface area (Å²) < 4.78 is 9.64. The Balaban J connectivity index is 3.17. The summed E-state index contributed by atoms with van der Waals surface area (Å²) in [6.45, 7) is 3.24. The molecule has 0 atom stereocenters. The second kappa shape index (κ2) is 6.65. The minimum absolute atomic E-state index is 0.0732. The molecule has 0 aliphatic rings. The van der Waals surface area contributed by atoms with Gasteiger partial charge in [-0.1, -0.05) is 0 Å². The third-order valence-electron chi connectivity index (χ3n) is 2.78. The molecule has 0 radical (unpaired) electrons. The summed E-state index contributed by atoms with van der Waals surface area (Å²) in [6.07, 6.45) is -0.391. The Labute approximate surface area is 115 Å². The third-order valence-corrected chi connectivity index (χ3v) is 2.78. The molecule has 108 valence electrons. The molecule has 0 N–H and O–H groups in total. The summed E-state index contributed by atoms with van der Waals surface area (Å²) in [5.74, 6) is -1.41. The smallest absolute Gasteiger partial charge is 0.374 e. The number of nitro benzene ring substituents is 1. The molecule has 0 amide bonds. The van der Waals surface area contributed by atoms with E-state index in [1.165, 1.54) is 19.2 Å². The zero-order valence-electron chi connectivity index (χ0n) is 11.5. The second-order valence-corrected chi connectivity index (χ2v) is 3.97. The van der Waals surface area contributed by atoms with Crippen molar-refractivity contribution in [3.8, 4) is 5.75 Å². The van der Waals surface area contributed by atoms with Gasteiger partial charge in [-0.25, -0.2) is 4.79 Å². The minimum atomic E-state index is -0.996. The number of carbonyl (C=O) groups is 2. The minimum Gasteiger partial charge on any atom is -0.496 e. The van der Waals surface area contributed by atoms with Crippen molar-refractivity contribution in [2.24, 2.45) is 0 Å². The monoisotopic (exact) mass is 281 g/mol. The normalized spacial score (nSPS) is 9.95. The van der Waals surface area contributed by atoms with Crippen molar-refractivity contribution in [2.75, 3.05) is 13.7 Å². The van der Waals surface area contributed by atoms with Gasteiger partial charge in [0.15, 0.2) is 0 Å². The van der Waals surface area contributed by atoms with Gasteiger partial charge in [0.2, 0.25) is 5.78 Å². The predicted molar refractivity (Wildman–Crippen MR) is 69.7 cm³/mol. The maximum absolute atomic E-state index is 11.7. The molecule has 0 aromatic heterocycles. The highest BCUT2D eigenvalue weighted by Gasteiger charge is 2.24. The highest BCUT2D eigenvalue weighted by atomic mass is 16.6. The first-order valence-corrected chi connectivity index (χ1v) is 5.93. The van der Waals surface area contributed by atoms with Gasteiger partial charge in [-0.15, -0.1) is 0 Å². The lowest BCUT2D eigenvalue weighted by Crippen LogP contribution is -2.20. The molecule has 0 unspecified atom stereocenters. The first-order chi connectivity index (χ1) is 9.42. The van der Waals surface area contributed by atoms with E-state index < -0.39 is 23.1 Å². The first kappa shape index (κ1) is 15.6. The van der Waals surface area contributed by atoms with Gasteiger partial charge in [-0.2, -0.15) is 0 Å². The standard InChI is InChI=1S/C13H15NO6/c1-4-20-13(16)11(15)7-9-8(2)12(19-3)6-5-10(9)14(17)18/h5-6H,4,7H2,1-3H3. The number of ether oxygens (including phenoxy) is 2. The Kier molecular flexibility index (Phi) is 5.19. The van der Waals surface area contributed by atoms with Crippen LogP contribution in [0.5, 0.6) is 5.75 Å². The number of carbonyl (C=O) groups excluding carboxylic acids is 2. The Morgan fingerprint density at radius 3 is 2.50 bits per heavy atom. The van der Waals surface area contributed by atoms with E-state index in [4.69, 9.17) is 4.74 Å². The Hall–Kier alpha value is -2.44. The van der Waals surface area contributed by atoms with Crippen molar-refractivity contribution < 1.29 is 24.0 Å². The van der Waals surface area contributed by atoms with Crippen LogP contribution in [0.1, 0.15) is 18.1 Å². The molecular formula is C13H15NO6. The molecule has 1 rings (SSSR count). The molecular weight excluding hydrogens is 266 g/mol. The summed E-state index contributed by atoms with van der Waals surface area (Å²) in [5.41, 5.74) is 0.396. The molecule has 1 aromatic carbocycles. The van der Waals surface area contributed by atoms with E-state index in [1.807, 2.05) is 0 Å². The van der Waals surface area contributed by atoms with Gasteiger partial charge >= 0.3 is 5.97 Å². The van der Waals surface area contributed by atoms with Crippen molar-refractivity contribution >= 4 is 17.4 Å². The third kappa shape index (κ3) is 3.31. The maximum atomic E-state index is 11.7. The van der Waals surface area contributed by atoms with E-state index in [1.54, 1.807) is 13.8 Å². The Bertz CT molecular complexity index is 552. The average Bonchev–Trinajstić information content (AvgIpc) is 2.40. The van der Waals surface area contributed by atoms with Gasteiger partial charge in [0.1, 0.15) is 5.75 Å². The molecule has 0 saturated carbocycles. The van der Waals surface area contributed by atoms with Crippen molar-refractivity contribution in [3.05, 3.63) is 33.4 Å². The van der Waals surface area contributed by atoms with Crippen LogP contribution in [0.3, 0.4) is 0 Å². The zero-order valence-corrected chi connectivity index (χ0v) is 11.5. The summed E-state index contributed by atoms with van der Waals surface area (Å²) in [4.78, 5) is 33.4. The van der Waals surface area contributed by atoms with E-state index in [9.17, 15) is 19.7 Å². The fourth-order valence-electron chi connectivity index (χ4n) is 1.78. The molecule has 7 nitrogen and oxygen atoms in total. The number of nitro groups is 1. The number of esters is 1. The van der Waals surface area contributed by atoms with E-state index in [-0.39, 0.29) is 17.9 Å². The van der Waals surface area contributed by atoms with Crippen LogP contribution >= 0.6 is 0 Å². The van der Waals surface area contributed by atoms with Gasteiger partial charge < -0.3 is 9.47 Å². The molecule has 0 aliphatic heterocycles. The van der Waals surface area contributed by atoms with Crippen LogP contribution < -0.4 is 4.74 Å². The molecule has 0 spiro atoms. The number of benzene rings is 1. The SMILES string of the molecule is CCOC(=O)C(=O)Cc1c([N+](=O)[O-])ccc(OC)c1C. The quantitative estimate of drug-likeness (QED) is 0.340. The lowest BCUT2D eigenvalue weighted by Gasteiger charge is -2.10. The van der Waals surface area contributed by atoms with E-state index >= 15 is 0 Å². The van der Waals surface area contributed by atoms with Crippen molar-refractivity contribution in [2.45, 2.75) is 20.3 Å². The summed E-state index contributed by atoms with van der Waals surface area (Å²) >= 11 is 0. The van der Waals surface area contributed by atoms with Crippen LogP contribution in [-0.2, 0) is 20.7 Å². The van der Waals surface area contributed by atoms with E-state index in [0.717, 1.165) is 0 Å². The number of rotatable bonds is 6. The molecule has 0 heterocycles. The summed E-state index contributed by atoms with van der Waals surface area (Å²) in [6, 6.07) is 2.70. The lowest BCUT2D eigenvalue weighted by atomic mass is 10.00. The number of hydrogen-bond donors (Lipinski definition) is 0. The zero-order chi connectivity index (χ0) is 15.3. The highest BCUT2D eigenvalue weighted by Crippen LogP contribution is 2.30. The number of Topliss-reactive ketones (excluding diaryl/α,β-unsaturated/α-hetero) is 1. The average molecular weight is 281 g/mol. The van der Waals surface area contributed by atoms with Crippen molar-refractivity contribution in [3.63, 3.8) is 0 Å². The highest BCUT2D eigenvalue weighted by molar-refractivity contribution is 6.34. The molecule has 20 heavy (non-hydrogen) atoms. The lowest BCUT2D eigenvalue weighted by molar-refractivity contribution is -0.385. The summed E-state index contributed by atoms with van der Waals surface area (Å²) in [7, 11) is 1.42. The molecule has 0 aliphatic carbocycles. The number of nitrogens with zero attached hydrogens (tertiary/aromatic N) is 1. The van der Waals surface area contributed by atoms with Gasteiger partial charge in [-0.05, 0) is 19.9 Å². The Morgan fingerprint density at radius 1 is 1.35 bits per heavy atom. The van der Waals surface area contributed by atoms with Crippen LogP contribution in [0.25, 0.3) is 0 Å². The topological polar surface area (TPSA) is 95.7 Å². The van der Waals surface area contributed by atoms with Crippen LogP contribution in [-0.4, -0.2) is 30.4 Å². The largest absolute Gasteiger partial charge is 0.496 e. The first-order valence-electron chi connectivity index (χ1n) is 5.93. The molecule has 0 bridgehead atoms. The van der Waals surface area contributed by atoms with Crippen molar-refractivity contribution in [1.82, 2.24) is 0 Å². The van der Waals surface area contributed by atoms with Crippen LogP contribution in [0.15, 0.2) is 12.1 Å². The fraction of sp³-hybridized carbons (Fsp3) is 0.385. The van der Waals surface area contributed by atoms with E-state index in [0.29, 0.717) is 11.3 Å². The molecule has 0 saturated heterocycles. The van der Waals surface area contributed by atoms with E-state index in [2.05, 4.69) is 4.74 Å². The maximum Gasteiger partial charge on any atom is 0.374 e. The fourth-order valence-corrected chi connectivity index (χ4v) is 1.78. The number of methoxy groups -OCH3 is 1. The van der Waals surface area contributed by atoms with Gasteiger partial charge in [0.05, 0.1) is 25.1 Å². The summed E-state index contributed by atoms with van der Waals surface area (Å²) in [5, 5.41) is 11.0. The predicted octanol–water partition coefficient (Wildman–Crippen LogP) is 1.59. The van der Waals surface area contributed by atoms with Gasteiger partial charge in [0, 0.05) is 17.2 Å². The van der Waals surface area contributed by atoms with Crippen LogP contribution in [0, 0.1) is 17.0 Å². The molecule has 1 aromatic rings. The Morgan fingerprint density at radius 2 is 2.00 bits per heavy atom. The molecule has 7 heteroatoms. The number of hydrogen-bond acceptors (Lipinski definition) is 6. The van der Waals surface area contributed by atoms with Gasteiger partial charge in [-0.3, -0.25) is 14.9 Å². The molecule has 0 fully saturated rings. The number of ketones is 1. The van der Waals surface area contributed by atoms with Gasteiger partial charge in [0.25, 0.3) is 5.69 Å². The van der Waals surface area contributed by atoms with Crippen molar-refractivity contribution in [1.29, 1.82) is 0 Å². The second-order valence-electron chi connectivity index (χ2n) is 3.97. The van der Waals surface area contributed by atoms with Crippen LogP contribution in [0.4, 0.5) is 5.69 Å².